The molecule has 3 rings (SSSR count). The molecule has 0 aliphatic carbocycles. The topological polar surface area (TPSA) is 206 Å². The van der Waals surface area contributed by atoms with Crippen LogP contribution < -0.4 is 32.7 Å². The molecule has 226 valence electrons. The normalized spacial score (nSPS) is 14.1. The SMILES string of the molecule is [2H]N[C@@H](Cc1ccc(O)cc1)C(=O)N[C@@H](C)C(=O)NCC(=O)N([2H])[C@@H](Cc1ccccc1)C(=O)NC(C(N)=O)c1ccccc1. The lowest BCUT2D eigenvalue weighted by Gasteiger charge is -2.23. The fourth-order valence-electron chi connectivity index (χ4n) is 4.11. The van der Waals surface area contributed by atoms with Gasteiger partial charge in [-0.25, -0.2) is 0 Å². The van der Waals surface area contributed by atoms with E-state index in [4.69, 9.17) is 8.56 Å². The van der Waals surface area contributed by atoms with Crippen molar-refractivity contribution in [1.82, 2.24) is 21.3 Å². The van der Waals surface area contributed by atoms with Gasteiger partial charge in [-0.2, -0.15) is 0 Å². The van der Waals surface area contributed by atoms with Gasteiger partial charge in [0, 0.05) is 6.42 Å². The van der Waals surface area contributed by atoms with Crippen molar-refractivity contribution in [1.29, 1.82) is 0 Å². The van der Waals surface area contributed by atoms with Gasteiger partial charge in [0.05, 0.1) is 12.6 Å². The molecule has 0 saturated heterocycles. The van der Waals surface area contributed by atoms with Gasteiger partial charge >= 0.3 is 0 Å². The summed E-state index contributed by atoms with van der Waals surface area (Å²) in [4.78, 5) is 64.0. The maximum absolute atomic E-state index is 13.4. The monoisotopic (exact) mass is 590 g/mol. The van der Waals surface area contributed by atoms with Crippen molar-refractivity contribution in [3.63, 3.8) is 0 Å². The molecule has 0 spiro atoms. The molecule has 9 N–H and O–H groups in total. The van der Waals surface area contributed by atoms with Crippen LogP contribution in [0.2, 0.25) is 2.82 Å². The Balaban J connectivity index is 1.63. The Hall–Kier alpha value is -5.23. The van der Waals surface area contributed by atoms with E-state index in [9.17, 15) is 29.1 Å². The van der Waals surface area contributed by atoms with Gasteiger partial charge in [-0.1, -0.05) is 72.8 Å². The minimum atomic E-state index is -1.39. The van der Waals surface area contributed by atoms with Crippen LogP contribution >= 0.6 is 0 Å². The summed E-state index contributed by atoms with van der Waals surface area (Å²) < 4.78 is 16.0. The highest BCUT2D eigenvalue weighted by molar-refractivity contribution is 5.94. The molecule has 0 radical (unpaired) electrons. The second-order valence-electron chi connectivity index (χ2n) is 9.85. The maximum atomic E-state index is 13.4. The van der Waals surface area contributed by atoms with E-state index in [0.717, 1.165) is 0 Å². The highest BCUT2D eigenvalue weighted by Crippen LogP contribution is 2.13. The van der Waals surface area contributed by atoms with Crippen LogP contribution in [0.1, 0.15) is 29.7 Å². The average Bonchev–Trinajstić information content (AvgIpc) is 3.04. The van der Waals surface area contributed by atoms with Crippen LogP contribution in [0.3, 0.4) is 0 Å². The average molecular weight is 591 g/mol. The number of nitrogens with two attached hydrogens (primary N) is 2. The van der Waals surface area contributed by atoms with E-state index in [-0.39, 0.29) is 18.6 Å². The first-order valence-corrected chi connectivity index (χ1v) is 13.5. The van der Waals surface area contributed by atoms with Crippen LogP contribution in [0, 0.1) is 0 Å². The summed E-state index contributed by atoms with van der Waals surface area (Å²) in [7, 11) is 0. The molecular formula is C31H36N6O6. The van der Waals surface area contributed by atoms with Crippen molar-refractivity contribution in [2.24, 2.45) is 11.5 Å². The molecule has 0 aliphatic heterocycles. The van der Waals surface area contributed by atoms with Crippen LogP contribution in [0.4, 0.5) is 0 Å². The Morgan fingerprint density at radius 1 is 0.814 bits per heavy atom. The Morgan fingerprint density at radius 3 is 2.02 bits per heavy atom. The molecular weight excluding hydrogens is 552 g/mol. The fraction of sp³-hybridized carbons (Fsp3) is 0.258. The summed E-state index contributed by atoms with van der Waals surface area (Å²) in [5, 5.41) is 17.2. The van der Waals surface area contributed by atoms with Crippen molar-refractivity contribution in [3.05, 3.63) is 102 Å². The van der Waals surface area contributed by atoms with Crippen LogP contribution in [-0.2, 0) is 36.8 Å². The molecule has 5 amide bonds. The Bertz CT molecular complexity index is 1460. The van der Waals surface area contributed by atoms with E-state index in [0.29, 0.717) is 22.0 Å². The second-order valence-corrected chi connectivity index (χ2v) is 9.85. The molecule has 3 aromatic carbocycles. The number of carbonyl (C=O) groups excluding carboxylic acids is 5. The highest BCUT2D eigenvalue weighted by Gasteiger charge is 2.27. The van der Waals surface area contributed by atoms with E-state index in [2.05, 4.69) is 21.7 Å². The van der Waals surface area contributed by atoms with E-state index >= 15 is 0 Å². The van der Waals surface area contributed by atoms with Crippen molar-refractivity contribution in [2.45, 2.75) is 43.9 Å². The van der Waals surface area contributed by atoms with Gasteiger partial charge in [0.1, 0.15) is 25.3 Å². The van der Waals surface area contributed by atoms with Crippen molar-refractivity contribution >= 4 is 29.5 Å². The number of benzene rings is 3. The Kier molecular flexibility index (Phi) is 10.7. The summed E-state index contributed by atoms with van der Waals surface area (Å²) in [6, 6.07) is 18.4. The first-order chi connectivity index (χ1) is 21.5. The molecule has 0 fully saturated rings. The number of hydrogen-bond donors (Lipinski definition) is 7. The second kappa shape index (κ2) is 15.7. The van der Waals surface area contributed by atoms with E-state index in [1.807, 2.05) is 0 Å². The zero-order chi connectivity index (χ0) is 32.9. The number of primary amides is 1. The number of rotatable bonds is 15. The Morgan fingerprint density at radius 2 is 1.42 bits per heavy atom. The Labute approximate surface area is 252 Å². The summed E-state index contributed by atoms with van der Waals surface area (Å²) in [5.74, 6) is -3.88. The van der Waals surface area contributed by atoms with E-state index in [1.54, 1.807) is 72.8 Å². The standard InChI is InChI=1S/C31H36N6O6/c1-19(35-30(42)24(32)16-21-12-14-23(38)15-13-21)29(41)34-18-26(39)36-25(17-20-8-4-2-5-9-20)31(43)37-27(28(33)40)22-10-6-3-7-11-22/h2-15,19,24-25,27,38H,16-18,32H2,1H3,(H2,33,40)(H,34,41)(H,35,42)(H,36,39)(H,37,43)/t19-,24-,25-,27?/m0/s1/i/hD2. The van der Waals surface area contributed by atoms with Gasteiger partial charge in [-0.3, -0.25) is 24.0 Å². The molecule has 0 heterocycles. The number of hydrogen-bond acceptors (Lipinski definition) is 7. The number of aromatic hydroxyl groups is 1. The van der Waals surface area contributed by atoms with Gasteiger partial charge in [-0.15, -0.1) is 0 Å². The molecule has 3 aromatic rings. The third-order valence-corrected chi connectivity index (χ3v) is 6.44. The molecule has 0 bridgehead atoms. The summed E-state index contributed by atoms with van der Waals surface area (Å²) in [6.07, 6.45) is 0.0487. The summed E-state index contributed by atoms with van der Waals surface area (Å²) >= 11 is 0. The van der Waals surface area contributed by atoms with Crippen LogP contribution in [0.15, 0.2) is 84.9 Å². The first-order valence-electron chi connectivity index (χ1n) is 14.5. The molecule has 12 nitrogen and oxygen atoms in total. The van der Waals surface area contributed by atoms with Crippen molar-refractivity contribution in [2.75, 3.05) is 6.54 Å². The summed E-state index contributed by atoms with van der Waals surface area (Å²) in [6.45, 7) is 0.726. The molecule has 4 atom stereocenters. The third kappa shape index (κ3) is 10.3. The maximum Gasteiger partial charge on any atom is 0.244 e. The van der Waals surface area contributed by atoms with Gasteiger partial charge in [-0.05, 0) is 42.2 Å². The van der Waals surface area contributed by atoms with Gasteiger partial charge in [0.15, 0.2) is 1.41 Å². The number of nitrogens with one attached hydrogen (secondary N) is 4. The van der Waals surface area contributed by atoms with Crippen molar-refractivity contribution in [3.8, 4) is 5.75 Å². The van der Waals surface area contributed by atoms with Gasteiger partial charge in [0.2, 0.25) is 29.5 Å². The minimum absolute atomic E-state index is 0.0544. The van der Waals surface area contributed by atoms with Crippen LogP contribution in [0.5, 0.6) is 5.75 Å². The van der Waals surface area contributed by atoms with Crippen LogP contribution in [0.25, 0.3) is 0 Å². The predicted molar refractivity (Wildman–Crippen MR) is 159 cm³/mol. The summed E-state index contributed by atoms with van der Waals surface area (Å²) in [5.41, 5.74) is 9.42. The minimum Gasteiger partial charge on any atom is -0.508 e. The molecule has 43 heavy (non-hydrogen) atoms. The smallest absolute Gasteiger partial charge is 0.244 e. The number of phenolic OH excluding ortho intramolecular Hbond substituents is 1. The zero-order valence-corrected chi connectivity index (χ0v) is 23.5. The van der Waals surface area contributed by atoms with E-state index in [1.165, 1.54) is 19.1 Å². The van der Waals surface area contributed by atoms with Crippen LogP contribution in [-0.4, -0.2) is 59.3 Å². The molecule has 0 aromatic heterocycles. The first kappa shape index (κ1) is 29.3. The lowest BCUT2D eigenvalue weighted by molar-refractivity contribution is -0.132. The fourth-order valence-corrected chi connectivity index (χ4v) is 4.11. The number of phenols is 1. The van der Waals surface area contributed by atoms with E-state index < -0.39 is 60.2 Å². The largest absolute Gasteiger partial charge is 0.508 e. The zero-order valence-electron chi connectivity index (χ0n) is 25.5. The molecule has 12 heteroatoms. The van der Waals surface area contributed by atoms with Gasteiger partial charge < -0.3 is 37.8 Å². The predicted octanol–water partition coefficient (Wildman–Crippen LogP) is -0.0468. The highest BCUT2D eigenvalue weighted by atomic mass is 16.3. The quantitative estimate of drug-likeness (QED) is 0.128. The van der Waals surface area contributed by atoms with Crippen molar-refractivity contribution < 1.29 is 31.9 Å². The lowest BCUT2D eigenvalue weighted by atomic mass is 10.0. The van der Waals surface area contributed by atoms with Gasteiger partial charge in [0.25, 0.3) is 0 Å². The lowest BCUT2D eigenvalue weighted by Crippen LogP contribution is -2.54. The molecule has 0 aliphatic rings. The third-order valence-electron chi connectivity index (χ3n) is 6.44. The number of carbonyl (C=O) groups is 5. The molecule has 0 saturated carbocycles. The number of amides is 5. The molecule has 1 unspecified atom stereocenters.